The van der Waals surface area contributed by atoms with Gasteiger partial charge in [-0.25, -0.2) is 13.1 Å². The number of hydrogen-bond acceptors (Lipinski definition) is 4. The maximum atomic E-state index is 11.8. The molecular weight excluding hydrogens is 252 g/mol. The second-order valence-corrected chi connectivity index (χ2v) is 6.04. The van der Waals surface area contributed by atoms with Crippen LogP contribution >= 0.6 is 0 Å². The standard InChI is InChI=1S/C12H20N2O3S/c1-10(11-4-6-12(13)7-5-11)14-18(15,16)9-3-8-17-2/h4-7,10,14H,3,8-9,13H2,1-2H3. The Hall–Kier alpha value is -1.11. The van der Waals surface area contributed by atoms with Crippen LogP contribution in [0.1, 0.15) is 24.9 Å². The van der Waals surface area contributed by atoms with Gasteiger partial charge >= 0.3 is 0 Å². The molecular formula is C12H20N2O3S. The molecule has 1 aromatic carbocycles. The van der Waals surface area contributed by atoms with Crippen molar-refractivity contribution in [2.75, 3.05) is 25.2 Å². The Kier molecular flexibility index (Phi) is 5.58. The smallest absolute Gasteiger partial charge is 0.212 e. The van der Waals surface area contributed by atoms with Crippen molar-refractivity contribution < 1.29 is 13.2 Å². The van der Waals surface area contributed by atoms with Gasteiger partial charge in [-0.2, -0.15) is 0 Å². The Morgan fingerprint density at radius 1 is 1.33 bits per heavy atom. The lowest BCUT2D eigenvalue weighted by Gasteiger charge is -2.14. The molecule has 0 aliphatic carbocycles. The highest BCUT2D eigenvalue weighted by molar-refractivity contribution is 7.89. The molecule has 0 radical (unpaired) electrons. The summed E-state index contributed by atoms with van der Waals surface area (Å²) in [6.07, 6.45) is 0.486. The first-order valence-corrected chi connectivity index (χ1v) is 7.44. The number of benzene rings is 1. The molecule has 0 aliphatic heterocycles. The molecule has 0 amide bonds. The molecule has 0 bridgehead atoms. The van der Waals surface area contributed by atoms with Gasteiger partial charge in [0.15, 0.2) is 0 Å². The summed E-state index contributed by atoms with van der Waals surface area (Å²) in [7, 11) is -1.72. The molecule has 5 nitrogen and oxygen atoms in total. The number of nitrogens with one attached hydrogen (secondary N) is 1. The van der Waals surface area contributed by atoms with Gasteiger partial charge < -0.3 is 10.5 Å². The number of nitrogen functional groups attached to an aromatic ring is 1. The number of methoxy groups -OCH3 is 1. The summed E-state index contributed by atoms with van der Waals surface area (Å²) < 4.78 is 31.0. The van der Waals surface area contributed by atoms with Gasteiger partial charge in [0.25, 0.3) is 0 Å². The monoisotopic (exact) mass is 272 g/mol. The predicted octanol–water partition coefficient (Wildman–Crippen LogP) is 1.29. The minimum atomic E-state index is -3.27. The van der Waals surface area contributed by atoms with Gasteiger partial charge in [0, 0.05) is 25.4 Å². The Balaban J connectivity index is 2.58. The van der Waals surface area contributed by atoms with Crippen molar-refractivity contribution in [1.29, 1.82) is 0 Å². The van der Waals surface area contributed by atoms with Gasteiger partial charge in [-0.1, -0.05) is 12.1 Å². The van der Waals surface area contributed by atoms with Crippen LogP contribution < -0.4 is 10.5 Å². The first kappa shape index (κ1) is 14.9. The molecule has 1 rings (SSSR count). The van der Waals surface area contributed by atoms with Crippen molar-refractivity contribution in [2.24, 2.45) is 0 Å². The Morgan fingerprint density at radius 3 is 2.50 bits per heavy atom. The van der Waals surface area contributed by atoms with E-state index in [1.807, 2.05) is 12.1 Å². The molecule has 102 valence electrons. The first-order chi connectivity index (χ1) is 8.44. The van der Waals surface area contributed by atoms with E-state index < -0.39 is 10.0 Å². The molecule has 1 aromatic rings. The van der Waals surface area contributed by atoms with Gasteiger partial charge in [-0.3, -0.25) is 0 Å². The highest BCUT2D eigenvalue weighted by atomic mass is 32.2. The Morgan fingerprint density at radius 2 is 1.94 bits per heavy atom. The van der Waals surface area contributed by atoms with E-state index in [-0.39, 0.29) is 11.8 Å². The maximum absolute atomic E-state index is 11.8. The van der Waals surface area contributed by atoms with Crippen LogP contribution in [-0.4, -0.2) is 27.9 Å². The van der Waals surface area contributed by atoms with Crippen LogP contribution in [0.15, 0.2) is 24.3 Å². The van der Waals surface area contributed by atoms with E-state index in [0.717, 1.165) is 5.56 Å². The van der Waals surface area contributed by atoms with Crippen LogP contribution in [0.25, 0.3) is 0 Å². The van der Waals surface area contributed by atoms with E-state index in [2.05, 4.69) is 4.72 Å². The van der Waals surface area contributed by atoms with E-state index >= 15 is 0 Å². The molecule has 0 fully saturated rings. The quantitative estimate of drug-likeness (QED) is 0.579. The fourth-order valence-corrected chi connectivity index (χ4v) is 2.86. The zero-order chi connectivity index (χ0) is 13.6. The van der Waals surface area contributed by atoms with Gasteiger partial charge in [0.1, 0.15) is 0 Å². The third-order valence-corrected chi connectivity index (χ3v) is 4.09. The van der Waals surface area contributed by atoms with Gasteiger partial charge in [0.2, 0.25) is 10.0 Å². The van der Waals surface area contributed by atoms with Crippen LogP contribution in [0.2, 0.25) is 0 Å². The van der Waals surface area contributed by atoms with E-state index in [1.165, 1.54) is 0 Å². The highest BCUT2D eigenvalue weighted by Gasteiger charge is 2.15. The highest BCUT2D eigenvalue weighted by Crippen LogP contribution is 2.15. The van der Waals surface area contributed by atoms with Crippen LogP contribution in [0, 0.1) is 0 Å². The van der Waals surface area contributed by atoms with Gasteiger partial charge in [-0.15, -0.1) is 0 Å². The third-order valence-electron chi connectivity index (χ3n) is 2.55. The van der Waals surface area contributed by atoms with Crippen molar-refractivity contribution in [3.8, 4) is 0 Å². The maximum Gasteiger partial charge on any atom is 0.212 e. The number of anilines is 1. The van der Waals surface area contributed by atoms with Crippen LogP contribution in [-0.2, 0) is 14.8 Å². The van der Waals surface area contributed by atoms with Crippen molar-refractivity contribution in [1.82, 2.24) is 4.72 Å². The average Bonchev–Trinajstić information content (AvgIpc) is 2.29. The Bertz CT molecular complexity index is 457. The SMILES string of the molecule is COCCCS(=O)(=O)NC(C)c1ccc(N)cc1. The van der Waals surface area contributed by atoms with Gasteiger partial charge in [-0.05, 0) is 31.0 Å². The lowest BCUT2D eigenvalue weighted by molar-refractivity contribution is 0.199. The average molecular weight is 272 g/mol. The topological polar surface area (TPSA) is 81.4 Å². The number of hydrogen-bond donors (Lipinski definition) is 2. The number of rotatable bonds is 7. The Labute approximate surface area is 108 Å². The number of nitrogens with two attached hydrogens (primary N) is 1. The number of ether oxygens (including phenoxy) is 1. The minimum Gasteiger partial charge on any atom is -0.399 e. The summed E-state index contributed by atoms with van der Waals surface area (Å²) >= 11 is 0. The van der Waals surface area contributed by atoms with Crippen molar-refractivity contribution in [3.05, 3.63) is 29.8 Å². The van der Waals surface area contributed by atoms with E-state index in [9.17, 15) is 8.42 Å². The molecule has 0 aromatic heterocycles. The molecule has 0 spiro atoms. The fraction of sp³-hybridized carbons (Fsp3) is 0.500. The molecule has 6 heteroatoms. The fourth-order valence-electron chi connectivity index (χ4n) is 1.57. The molecule has 0 saturated heterocycles. The zero-order valence-corrected chi connectivity index (χ0v) is 11.5. The summed E-state index contributed by atoms with van der Waals surface area (Å²) in [4.78, 5) is 0. The van der Waals surface area contributed by atoms with Crippen molar-refractivity contribution >= 4 is 15.7 Å². The molecule has 0 aliphatic rings. The molecule has 3 N–H and O–H groups in total. The summed E-state index contributed by atoms with van der Waals surface area (Å²) in [5.74, 6) is 0.0696. The molecule has 18 heavy (non-hydrogen) atoms. The molecule has 0 heterocycles. The van der Waals surface area contributed by atoms with E-state index in [1.54, 1.807) is 26.2 Å². The second kappa shape index (κ2) is 6.72. The lowest BCUT2D eigenvalue weighted by Crippen LogP contribution is -2.29. The lowest BCUT2D eigenvalue weighted by atomic mass is 10.1. The number of sulfonamides is 1. The summed E-state index contributed by atoms with van der Waals surface area (Å²) in [6, 6.07) is 6.88. The van der Waals surface area contributed by atoms with E-state index in [0.29, 0.717) is 18.7 Å². The normalized spacial score (nSPS) is 13.4. The third kappa shape index (κ3) is 5.03. The van der Waals surface area contributed by atoms with Crippen LogP contribution in [0.3, 0.4) is 0 Å². The predicted molar refractivity (Wildman–Crippen MR) is 72.7 cm³/mol. The van der Waals surface area contributed by atoms with Crippen molar-refractivity contribution in [2.45, 2.75) is 19.4 Å². The zero-order valence-electron chi connectivity index (χ0n) is 10.7. The summed E-state index contributed by atoms with van der Waals surface area (Å²) in [6.45, 7) is 2.25. The molecule has 0 saturated carbocycles. The summed E-state index contributed by atoms with van der Waals surface area (Å²) in [5.41, 5.74) is 7.13. The summed E-state index contributed by atoms with van der Waals surface area (Å²) in [5, 5.41) is 0. The second-order valence-electron chi connectivity index (χ2n) is 4.17. The van der Waals surface area contributed by atoms with E-state index in [4.69, 9.17) is 10.5 Å². The minimum absolute atomic E-state index is 0.0696. The molecule has 1 unspecified atom stereocenters. The van der Waals surface area contributed by atoms with Crippen LogP contribution in [0.4, 0.5) is 5.69 Å². The van der Waals surface area contributed by atoms with Crippen LogP contribution in [0.5, 0.6) is 0 Å². The first-order valence-electron chi connectivity index (χ1n) is 5.79. The van der Waals surface area contributed by atoms with Gasteiger partial charge in [0.05, 0.1) is 5.75 Å². The largest absolute Gasteiger partial charge is 0.399 e. The molecule has 1 atom stereocenters. The van der Waals surface area contributed by atoms with Crippen molar-refractivity contribution in [3.63, 3.8) is 0 Å².